The Morgan fingerprint density at radius 3 is 2.70 bits per heavy atom. The second-order valence-corrected chi connectivity index (χ2v) is 6.25. The maximum atomic E-state index is 12.2. The molecule has 1 aromatic heterocycles. The maximum absolute atomic E-state index is 12.2. The second kappa shape index (κ2) is 7.42. The van der Waals surface area contributed by atoms with Gasteiger partial charge in [0.2, 0.25) is 0 Å². The zero-order chi connectivity index (χ0) is 16.1. The normalized spacial score (nSPS) is 16.4. The van der Waals surface area contributed by atoms with Gasteiger partial charge in [-0.3, -0.25) is 4.79 Å². The van der Waals surface area contributed by atoms with Gasteiger partial charge in [-0.15, -0.1) is 0 Å². The van der Waals surface area contributed by atoms with Crippen molar-refractivity contribution in [3.8, 4) is 0 Å². The topological polar surface area (TPSA) is 67.2 Å². The Morgan fingerprint density at radius 2 is 2.04 bits per heavy atom. The molecule has 23 heavy (non-hydrogen) atoms. The molecule has 1 saturated carbocycles. The lowest BCUT2D eigenvalue weighted by molar-refractivity contribution is 0.0840. The number of aliphatic hydroxyl groups excluding tert-OH is 1. The van der Waals surface area contributed by atoms with Crippen molar-refractivity contribution >= 4 is 5.91 Å². The molecule has 2 N–H and O–H groups in total. The predicted octanol–water partition coefficient (Wildman–Crippen LogP) is 2.21. The Kier molecular flexibility index (Phi) is 5.08. The van der Waals surface area contributed by atoms with E-state index in [9.17, 15) is 9.90 Å². The van der Waals surface area contributed by atoms with Crippen molar-refractivity contribution in [2.75, 3.05) is 6.54 Å². The summed E-state index contributed by atoms with van der Waals surface area (Å²) < 4.78 is 1.98. The molecule has 5 heteroatoms. The molecule has 1 aromatic carbocycles. The molecule has 3 rings (SSSR count). The fourth-order valence-electron chi connectivity index (χ4n) is 3.16. The lowest BCUT2D eigenvalue weighted by Crippen LogP contribution is -2.35. The van der Waals surface area contributed by atoms with Gasteiger partial charge in [-0.1, -0.05) is 25.0 Å². The number of benzene rings is 1. The zero-order valence-electron chi connectivity index (χ0n) is 13.2. The van der Waals surface area contributed by atoms with Crippen molar-refractivity contribution in [3.05, 3.63) is 54.1 Å². The molecule has 1 unspecified atom stereocenters. The largest absolute Gasteiger partial charge is 0.391 e. The summed E-state index contributed by atoms with van der Waals surface area (Å²) in [6, 6.07) is 7.54. The Balaban J connectivity index is 1.51. The molecule has 122 valence electrons. The van der Waals surface area contributed by atoms with Crippen LogP contribution in [0.2, 0.25) is 0 Å². The number of amides is 1. The molecule has 1 heterocycles. The third-order valence-corrected chi connectivity index (χ3v) is 4.56. The van der Waals surface area contributed by atoms with Gasteiger partial charge in [-0.05, 0) is 36.5 Å². The molecule has 1 fully saturated rings. The molecule has 1 atom stereocenters. The summed E-state index contributed by atoms with van der Waals surface area (Å²) in [4.78, 5) is 16.2. The Morgan fingerprint density at radius 1 is 1.30 bits per heavy atom. The van der Waals surface area contributed by atoms with Gasteiger partial charge >= 0.3 is 0 Å². The average Bonchev–Trinajstić information content (AvgIpc) is 3.26. The predicted molar refractivity (Wildman–Crippen MR) is 88.1 cm³/mol. The molecule has 2 aromatic rings. The van der Waals surface area contributed by atoms with Crippen LogP contribution in [-0.2, 0) is 6.54 Å². The van der Waals surface area contributed by atoms with Crippen LogP contribution in [0.5, 0.6) is 0 Å². The highest BCUT2D eigenvalue weighted by molar-refractivity contribution is 5.94. The molecule has 1 aliphatic carbocycles. The number of nitrogens with zero attached hydrogens (tertiary/aromatic N) is 2. The van der Waals surface area contributed by atoms with Gasteiger partial charge in [0.25, 0.3) is 5.91 Å². The van der Waals surface area contributed by atoms with E-state index < -0.39 is 6.10 Å². The summed E-state index contributed by atoms with van der Waals surface area (Å²) in [6.07, 6.45) is 9.51. The number of rotatable bonds is 6. The lowest BCUT2D eigenvalue weighted by atomic mass is 10.0. The molecular formula is C18H23N3O2. The van der Waals surface area contributed by atoms with E-state index in [1.165, 1.54) is 12.8 Å². The maximum Gasteiger partial charge on any atom is 0.251 e. The van der Waals surface area contributed by atoms with E-state index >= 15 is 0 Å². The van der Waals surface area contributed by atoms with Crippen LogP contribution >= 0.6 is 0 Å². The molecule has 0 saturated heterocycles. The highest BCUT2D eigenvalue weighted by atomic mass is 16.3. The van der Waals surface area contributed by atoms with Gasteiger partial charge in [0.15, 0.2) is 0 Å². The summed E-state index contributed by atoms with van der Waals surface area (Å²) in [7, 11) is 0. The van der Waals surface area contributed by atoms with Crippen molar-refractivity contribution < 1.29 is 9.90 Å². The number of carbonyl (C=O) groups is 1. The first-order valence-corrected chi connectivity index (χ1v) is 8.23. The molecule has 0 aliphatic heterocycles. The number of hydrogen-bond donors (Lipinski definition) is 2. The van der Waals surface area contributed by atoms with Gasteiger partial charge in [-0.25, -0.2) is 4.98 Å². The minimum atomic E-state index is -0.429. The number of hydrogen-bond acceptors (Lipinski definition) is 3. The average molecular weight is 313 g/mol. The third kappa shape index (κ3) is 4.20. The number of aromatic nitrogens is 2. The fourth-order valence-corrected chi connectivity index (χ4v) is 3.16. The summed E-state index contributed by atoms with van der Waals surface area (Å²) in [5.74, 6) is 0.212. The minimum absolute atomic E-state index is 0.128. The monoisotopic (exact) mass is 313 g/mol. The number of carbonyl (C=O) groups excluding carboxylic acids is 1. The zero-order valence-corrected chi connectivity index (χ0v) is 13.2. The first-order valence-electron chi connectivity index (χ1n) is 8.23. The van der Waals surface area contributed by atoms with Crippen molar-refractivity contribution in [1.29, 1.82) is 0 Å². The summed E-state index contributed by atoms with van der Waals surface area (Å²) in [5.41, 5.74) is 1.74. The summed E-state index contributed by atoms with van der Waals surface area (Å²) in [5, 5.41) is 12.9. The van der Waals surface area contributed by atoms with Gasteiger partial charge < -0.3 is 15.0 Å². The van der Waals surface area contributed by atoms with E-state index in [1.54, 1.807) is 12.5 Å². The smallest absolute Gasteiger partial charge is 0.251 e. The van der Waals surface area contributed by atoms with Gasteiger partial charge in [-0.2, -0.15) is 0 Å². The lowest BCUT2D eigenvalue weighted by Gasteiger charge is -2.18. The van der Waals surface area contributed by atoms with Gasteiger partial charge in [0.05, 0.1) is 12.4 Å². The number of imidazole rings is 1. The van der Waals surface area contributed by atoms with E-state index in [0.717, 1.165) is 24.9 Å². The van der Waals surface area contributed by atoms with Crippen LogP contribution in [0.1, 0.15) is 41.6 Å². The van der Waals surface area contributed by atoms with E-state index in [0.29, 0.717) is 18.0 Å². The molecule has 0 spiro atoms. The van der Waals surface area contributed by atoms with Crippen LogP contribution in [0.3, 0.4) is 0 Å². The van der Waals surface area contributed by atoms with Crippen LogP contribution in [0.25, 0.3) is 0 Å². The summed E-state index contributed by atoms with van der Waals surface area (Å²) in [6.45, 7) is 1.07. The van der Waals surface area contributed by atoms with Crippen LogP contribution in [0, 0.1) is 5.92 Å². The van der Waals surface area contributed by atoms with Crippen LogP contribution in [-0.4, -0.2) is 33.2 Å². The number of aliphatic hydroxyl groups is 1. The minimum Gasteiger partial charge on any atom is -0.391 e. The van der Waals surface area contributed by atoms with Crippen molar-refractivity contribution in [2.45, 2.75) is 38.3 Å². The standard InChI is InChI=1S/C18H23N3O2/c22-17(15-3-1-2-4-15)11-20-18(23)16-7-5-14(6-8-16)12-21-10-9-19-13-21/h5-10,13,15,17,22H,1-4,11-12H2,(H,20,23). The SMILES string of the molecule is O=C(NCC(O)C1CCCC1)c1ccc(Cn2ccnc2)cc1. The van der Waals surface area contributed by atoms with Crippen LogP contribution in [0.4, 0.5) is 0 Å². The quantitative estimate of drug-likeness (QED) is 0.859. The molecular weight excluding hydrogens is 290 g/mol. The van der Waals surface area contributed by atoms with E-state index in [1.807, 2.05) is 35.0 Å². The van der Waals surface area contributed by atoms with Crippen LogP contribution < -0.4 is 5.32 Å². The molecule has 1 aliphatic rings. The second-order valence-electron chi connectivity index (χ2n) is 6.25. The molecule has 5 nitrogen and oxygen atoms in total. The van der Waals surface area contributed by atoms with Crippen molar-refractivity contribution in [1.82, 2.24) is 14.9 Å². The summed E-state index contributed by atoms with van der Waals surface area (Å²) >= 11 is 0. The number of nitrogens with one attached hydrogen (secondary N) is 1. The highest BCUT2D eigenvalue weighted by Crippen LogP contribution is 2.27. The van der Waals surface area contributed by atoms with Crippen molar-refractivity contribution in [3.63, 3.8) is 0 Å². The van der Waals surface area contributed by atoms with Gasteiger partial charge in [0.1, 0.15) is 0 Å². The first kappa shape index (κ1) is 15.7. The first-order chi connectivity index (χ1) is 11.2. The van der Waals surface area contributed by atoms with Gasteiger partial charge in [0, 0.05) is 31.0 Å². The highest BCUT2D eigenvalue weighted by Gasteiger charge is 2.23. The Bertz CT molecular complexity index is 616. The van der Waals surface area contributed by atoms with E-state index in [-0.39, 0.29) is 5.91 Å². The molecule has 1 amide bonds. The van der Waals surface area contributed by atoms with E-state index in [2.05, 4.69) is 10.3 Å². The molecule has 0 radical (unpaired) electrons. The Labute approximate surface area is 136 Å². The third-order valence-electron chi connectivity index (χ3n) is 4.56. The Hall–Kier alpha value is -2.14. The van der Waals surface area contributed by atoms with Crippen molar-refractivity contribution in [2.24, 2.45) is 5.92 Å². The van der Waals surface area contributed by atoms with E-state index in [4.69, 9.17) is 0 Å². The fraction of sp³-hybridized carbons (Fsp3) is 0.444. The van der Waals surface area contributed by atoms with Crippen LogP contribution in [0.15, 0.2) is 43.0 Å². The molecule has 0 bridgehead atoms.